The Morgan fingerprint density at radius 1 is 1.00 bits per heavy atom. The molecule has 9 nitrogen and oxygen atoms in total. The fourth-order valence-electron chi connectivity index (χ4n) is 3.98. The number of imidazole rings is 1. The molecular weight excluding hydrogens is 428 g/mol. The molecule has 0 fully saturated rings. The number of anilines is 3. The molecule has 0 aliphatic heterocycles. The van der Waals surface area contributed by atoms with Crippen LogP contribution in [-0.4, -0.2) is 35.9 Å². The number of nitrogens with one attached hydrogen (secondary N) is 4. The summed E-state index contributed by atoms with van der Waals surface area (Å²) in [6.45, 7) is 0. The number of rotatable bonds is 6. The number of nitrogens with zero attached hydrogens (tertiary/aromatic N) is 4. The summed E-state index contributed by atoms with van der Waals surface area (Å²) < 4.78 is 1.87. The fourth-order valence-corrected chi connectivity index (χ4v) is 3.98. The van der Waals surface area contributed by atoms with Crippen LogP contribution in [0.2, 0.25) is 0 Å². The number of H-pyrrole nitrogens is 2. The summed E-state index contributed by atoms with van der Waals surface area (Å²) in [5.41, 5.74) is 4.38. The maximum Gasteiger partial charge on any atom is 0.231 e. The van der Waals surface area contributed by atoms with Crippen molar-refractivity contribution in [3.05, 3.63) is 91.1 Å². The lowest BCUT2D eigenvalue weighted by Crippen LogP contribution is -2.15. The predicted molar refractivity (Wildman–Crippen MR) is 131 cm³/mol. The maximum atomic E-state index is 12.4. The van der Waals surface area contributed by atoms with Crippen LogP contribution < -0.4 is 10.6 Å². The van der Waals surface area contributed by atoms with Crippen molar-refractivity contribution in [2.75, 3.05) is 10.6 Å². The first kappa shape index (κ1) is 19.7. The van der Waals surface area contributed by atoms with E-state index in [-0.39, 0.29) is 12.3 Å². The van der Waals surface area contributed by atoms with Gasteiger partial charge in [-0.2, -0.15) is 5.10 Å². The van der Waals surface area contributed by atoms with Gasteiger partial charge in [0, 0.05) is 34.5 Å². The lowest BCUT2D eigenvalue weighted by molar-refractivity contribution is -0.115. The molecule has 3 heterocycles. The number of carbonyl (C=O) groups excluding carboxylic acids is 1. The fraction of sp³-hybridized carbons (Fsp3) is 0.0400. The van der Waals surface area contributed by atoms with Crippen molar-refractivity contribution in [1.29, 1.82) is 0 Å². The number of fused-ring (bicyclic) bond motifs is 2. The molecule has 0 atom stereocenters. The second-order valence-corrected chi connectivity index (χ2v) is 7.89. The van der Waals surface area contributed by atoms with Crippen molar-refractivity contribution in [2.45, 2.75) is 6.42 Å². The van der Waals surface area contributed by atoms with Gasteiger partial charge in [0.2, 0.25) is 5.91 Å². The van der Waals surface area contributed by atoms with E-state index in [0.29, 0.717) is 11.5 Å². The minimum atomic E-state index is -0.144. The van der Waals surface area contributed by atoms with E-state index in [1.54, 1.807) is 18.6 Å². The van der Waals surface area contributed by atoms with E-state index >= 15 is 0 Å². The van der Waals surface area contributed by atoms with Gasteiger partial charge in [-0.3, -0.25) is 9.89 Å². The van der Waals surface area contributed by atoms with E-state index in [1.165, 1.54) is 0 Å². The predicted octanol–water partition coefficient (Wildman–Crippen LogP) is 4.55. The van der Waals surface area contributed by atoms with E-state index in [1.807, 2.05) is 71.4 Å². The lowest BCUT2D eigenvalue weighted by atomic mass is 10.2. The quantitative estimate of drug-likeness (QED) is 0.298. The summed E-state index contributed by atoms with van der Waals surface area (Å²) in [6, 6.07) is 21.7. The van der Waals surface area contributed by atoms with Crippen molar-refractivity contribution < 1.29 is 4.79 Å². The highest BCUT2D eigenvalue weighted by Crippen LogP contribution is 2.29. The molecule has 0 spiro atoms. The van der Waals surface area contributed by atoms with Gasteiger partial charge >= 0.3 is 0 Å². The van der Waals surface area contributed by atoms with Crippen molar-refractivity contribution in [1.82, 2.24) is 29.9 Å². The van der Waals surface area contributed by atoms with Gasteiger partial charge in [-0.15, -0.1) is 5.10 Å². The van der Waals surface area contributed by atoms with Gasteiger partial charge < -0.3 is 15.6 Å². The lowest BCUT2D eigenvalue weighted by Gasteiger charge is -2.08. The molecule has 0 aliphatic carbocycles. The molecule has 9 heteroatoms. The second-order valence-electron chi connectivity index (χ2n) is 7.89. The molecule has 34 heavy (non-hydrogen) atoms. The van der Waals surface area contributed by atoms with Crippen LogP contribution >= 0.6 is 0 Å². The molecule has 6 aromatic rings. The van der Waals surface area contributed by atoms with Crippen LogP contribution in [0.15, 0.2) is 85.3 Å². The number of hydrogen-bond acceptors (Lipinski definition) is 5. The van der Waals surface area contributed by atoms with E-state index in [4.69, 9.17) is 5.10 Å². The summed E-state index contributed by atoms with van der Waals surface area (Å²) in [6.07, 6.45) is 5.30. The Morgan fingerprint density at radius 2 is 1.94 bits per heavy atom. The van der Waals surface area contributed by atoms with Gasteiger partial charge in [-0.05, 0) is 48.5 Å². The molecule has 0 radical (unpaired) electrons. The number of carbonyl (C=O) groups is 1. The number of amides is 1. The minimum Gasteiger partial charge on any atom is -0.348 e. The third kappa shape index (κ3) is 3.75. The molecular formula is C25H20N8O. The number of aromatic amines is 2. The van der Waals surface area contributed by atoms with E-state index < -0.39 is 0 Å². The van der Waals surface area contributed by atoms with Crippen molar-refractivity contribution in [3.8, 4) is 5.69 Å². The van der Waals surface area contributed by atoms with Crippen molar-refractivity contribution in [3.63, 3.8) is 0 Å². The molecule has 4 N–H and O–H groups in total. The summed E-state index contributed by atoms with van der Waals surface area (Å²) in [7, 11) is 0. The largest absolute Gasteiger partial charge is 0.348 e. The number of para-hydroxylation sites is 1. The zero-order chi connectivity index (χ0) is 22.9. The van der Waals surface area contributed by atoms with Crippen LogP contribution in [0.1, 0.15) is 5.82 Å². The Morgan fingerprint density at radius 3 is 2.85 bits per heavy atom. The highest BCUT2D eigenvalue weighted by molar-refractivity contribution is 5.95. The summed E-state index contributed by atoms with van der Waals surface area (Å²) in [5.74, 6) is 1.22. The van der Waals surface area contributed by atoms with Gasteiger partial charge in [0.1, 0.15) is 5.82 Å². The molecule has 0 saturated heterocycles. The van der Waals surface area contributed by atoms with Gasteiger partial charge in [0.25, 0.3) is 0 Å². The highest BCUT2D eigenvalue weighted by atomic mass is 16.1. The van der Waals surface area contributed by atoms with E-state index in [2.05, 4.69) is 30.8 Å². The average Bonchev–Trinajstić information content (AvgIpc) is 3.60. The number of benzene rings is 3. The van der Waals surface area contributed by atoms with E-state index in [0.717, 1.165) is 39.0 Å². The molecule has 0 unspecified atom stereocenters. The number of aromatic nitrogens is 6. The average molecular weight is 448 g/mol. The topological polar surface area (TPSA) is 116 Å². The third-order valence-electron chi connectivity index (χ3n) is 5.55. The zero-order valence-corrected chi connectivity index (χ0v) is 18.0. The van der Waals surface area contributed by atoms with Gasteiger partial charge in [-0.25, -0.2) is 9.67 Å². The van der Waals surface area contributed by atoms with Gasteiger partial charge in [-0.1, -0.05) is 18.2 Å². The first-order valence-corrected chi connectivity index (χ1v) is 10.8. The molecule has 0 saturated carbocycles. The Kier molecular flexibility index (Phi) is 4.77. The standard InChI is InChI=1S/C25H20N8O/c34-24(14-23-26-10-11-27-23)29-17-4-3-5-19(13-17)33-22-7-2-1-6-20(22)25(32-33)30-18-8-9-21-16(12-18)15-28-31-21/h1-13,15H,14H2,(H,26,27)(H,28,31)(H,29,34)(H,30,32). The molecule has 3 aromatic heterocycles. The Labute approximate surface area is 193 Å². The smallest absolute Gasteiger partial charge is 0.231 e. The molecule has 0 aliphatic rings. The molecule has 3 aromatic carbocycles. The van der Waals surface area contributed by atoms with E-state index in [9.17, 15) is 4.79 Å². The van der Waals surface area contributed by atoms with Crippen LogP contribution in [-0.2, 0) is 11.2 Å². The minimum absolute atomic E-state index is 0.144. The summed E-state index contributed by atoms with van der Waals surface area (Å²) >= 11 is 0. The Bertz CT molecular complexity index is 1610. The van der Waals surface area contributed by atoms with Crippen LogP contribution in [0.3, 0.4) is 0 Å². The van der Waals surface area contributed by atoms with Crippen LogP contribution in [0.4, 0.5) is 17.2 Å². The Hall–Kier alpha value is -4.92. The molecule has 166 valence electrons. The molecule has 6 rings (SSSR count). The van der Waals surface area contributed by atoms with Crippen molar-refractivity contribution >= 4 is 44.9 Å². The first-order valence-electron chi connectivity index (χ1n) is 10.8. The van der Waals surface area contributed by atoms with Gasteiger partial charge in [0.15, 0.2) is 5.82 Å². The number of hydrogen-bond donors (Lipinski definition) is 4. The second kappa shape index (κ2) is 8.21. The summed E-state index contributed by atoms with van der Waals surface area (Å²) in [4.78, 5) is 19.5. The Balaban J connectivity index is 1.32. The van der Waals surface area contributed by atoms with Crippen LogP contribution in [0.25, 0.3) is 27.5 Å². The van der Waals surface area contributed by atoms with Crippen LogP contribution in [0, 0.1) is 0 Å². The SMILES string of the molecule is O=C(Cc1ncc[nH]1)Nc1cccc(-n2nc(Nc3ccc4[nH]ncc4c3)c3ccccc32)c1. The van der Waals surface area contributed by atoms with Crippen molar-refractivity contribution in [2.24, 2.45) is 0 Å². The first-order chi connectivity index (χ1) is 16.7. The van der Waals surface area contributed by atoms with Gasteiger partial charge in [0.05, 0.1) is 29.3 Å². The highest BCUT2D eigenvalue weighted by Gasteiger charge is 2.13. The molecule has 1 amide bonds. The monoisotopic (exact) mass is 448 g/mol. The third-order valence-corrected chi connectivity index (χ3v) is 5.55. The zero-order valence-electron chi connectivity index (χ0n) is 18.0. The van der Waals surface area contributed by atoms with Crippen LogP contribution in [0.5, 0.6) is 0 Å². The summed E-state index contributed by atoms with van der Waals surface area (Å²) in [5, 5.41) is 20.3. The molecule has 0 bridgehead atoms. The normalized spacial score (nSPS) is 11.2. The maximum absolute atomic E-state index is 12.4.